The van der Waals surface area contributed by atoms with E-state index in [4.69, 9.17) is 23.2 Å². The average Bonchev–Trinajstić information content (AvgIpc) is 2.97. The number of nitrogens with zero attached hydrogens (tertiary/aromatic N) is 2. The smallest absolute Gasteiger partial charge is 0.264 e. The summed E-state index contributed by atoms with van der Waals surface area (Å²) in [5.74, 6) is -0.813. The lowest BCUT2D eigenvalue weighted by molar-refractivity contribution is -0.139. The van der Waals surface area contributed by atoms with Gasteiger partial charge in [-0.1, -0.05) is 84.9 Å². The number of carbonyl (C=O) groups excluding carboxylic acids is 2. The molecule has 0 radical (unpaired) electrons. The number of hydrogen-bond acceptors (Lipinski definition) is 4. The van der Waals surface area contributed by atoms with Crippen molar-refractivity contribution in [2.45, 2.75) is 69.5 Å². The van der Waals surface area contributed by atoms with Crippen LogP contribution in [-0.2, 0) is 26.2 Å². The summed E-state index contributed by atoms with van der Waals surface area (Å²) in [4.78, 5) is 29.0. The van der Waals surface area contributed by atoms with Gasteiger partial charge in [-0.2, -0.15) is 0 Å². The molecule has 3 aromatic carbocycles. The number of sulfonamides is 1. The van der Waals surface area contributed by atoms with Crippen LogP contribution in [0.4, 0.5) is 5.69 Å². The molecule has 3 aromatic rings. The molecule has 10 heteroatoms. The van der Waals surface area contributed by atoms with Gasteiger partial charge in [0.25, 0.3) is 10.0 Å². The van der Waals surface area contributed by atoms with Gasteiger partial charge in [0.1, 0.15) is 12.6 Å². The van der Waals surface area contributed by atoms with Gasteiger partial charge in [-0.15, -0.1) is 0 Å². The van der Waals surface area contributed by atoms with Crippen molar-refractivity contribution in [3.05, 3.63) is 94.0 Å². The lowest BCUT2D eigenvalue weighted by Crippen LogP contribution is -2.53. The highest BCUT2D eigenvalue weighted by atomic mass is 35.5. The normalized spacial score (nSPS) is 14.7. The first-order valence-corrected chi connectivity index (χ1v) is 15.9. The molecule has 0 unspecified atom stereocenters. The molecular formula is C31H35Cl2N3O4S. The number of anilines is 1. The lowest BCUT2D eigenvalue weighted by Gasteiger charge is -2.33. The van der Waals surface area contributed by atoms with E-state index in [0.29, 0.717) is 0 Å². The van der Waals surface area contributed by atoms with Gasteiger partial charge in [0.15, 0.2) is 0 Å². The molecule has 218 valence electrons. The molecule has 0 spiro atoms. The molecule has 1 N–H and O–H groups in total. The summed E-state index contributed by atoms with van der Waals surface area (Å²) in [6.07, 6.45) is 5.06. The minimum absolute atomic E-state index is 0.00242. The van der Waals surface area contributed by atoms with E-state index in [1.54, 1.807) is 31.2 Å². The van der Waals surface area contributed by atoms with E-state index >= 15 is 0 Å². The van der Waals surface area contributed by atoms with Crippen molar-refractivity contribution in [2.24, 2.45) is 0 Å². The highest BCUT2D eigenvalue weighted by Gasteiger charge is 2.34. The van der Waals surface area contributed by atoms with Crippen LogP contribution in [0.25, 0.3) is 0 Å². The maximum atomic E-state index is 14.1. The van der Waals surface area contributed by atoms with Gasteiger partial charge < -0.3 is 10.2 Å². The molecule has 41 heavy (non-hydrogen) atoms. The highest BCUT2D eigenvalue weighted by molar-refractivity contribution is 7.92. The third kappa shape index (κ3) is 7.61. The molecule has 0 bridgehead atoms. The first-order chi connectivity index (χ1) is 19.6. The SMILES string of the molecule is Cc1ccccc1CN(C(=O)CN(c1cc(Cl)ccc1Cl)S(=O)(=O)c1ccccc1)[C@H](C)C(=O)NC1CCCCC1. The fraction of sp³-hybridized carbons (Fsp3) is 0.355. The number of aryl methyl sites for hydroxylation is 1. The van der Waals surface area contributed by atoms with E-state index in [2.05, 4.69) is 5.32 Å². The highest BCUT2D eigenvalue weighted by Crippen LogP contribution is 2.33. The molecule has 4 rings (SSSR count). The Morgan fingerprint density at radius 1 is 0.951 bits per heavy atom. The third-order valence-corrected chi connectivity index (χ3v) is 9.84. The van der Waals surface area contributed by atoms with Crippen LogP contribution in [0.5, 0.6) is 0 Å². The van der Waals surface area contributed by atoms with Crippen LogP contribution < -0.4 is 9.62 Å². The van der Waals surface area contributed by atoms with Crippen molar-refractivity contribution in [1.82, 2.24) is 10.2 Å². The van der Waals surface area contributed by atoms with Gasteiger partial charge in [0, 0.05) is 17.6 Å². The largest absolute Gasteiger partial charge is 0.352 e. The molecule has 0 aliphatic heterocycles. The van der Waals surface area contributed by atoms with Gasteiger partial charge in [-0.25, -0.2) is 8.42 Å². The van der Waals surface area contributed by atoms with E-state index in [0.717, 1.165) is 47.5 Å². The standard InChI is InChI=1S/C31H35Cl2N3O4S/c1-22-11-9-10-12-24(22)20-35(23(2)31(38)34-26-13-5-3-6-14-26)30(37)21-36(29-19-25(32)17-18-28(29)33)41(39,40)27-15-7-4-8-16-27/h4,7-12,15-19,23,26H,3,5-6,13-14,20-21H2,1-2H3,(H,34,38)/t23-/m1/s1. The number of amides is 2. The molecule has 1 aliphatic rings. The van der Waals surface area contributed by atoms with Crippen LogP contribution in [0.1, 0.15) is 50.2 Å². The summed E-state index contributed by atoms with van der Waals surface area (Å²) >= 11 is 12.7. The Morgan fingerprint density at radius 3 is 2.29 bits per heavy atom. The molecule has 2 amide bonds. The first-order valence-electron chi connectivity index (χ1n) is 13.7. The molecule has 1 atom stereocenters. The third-order valence-electron chi connectivity index (χ3n) is 7.51. The number of hydrogen-bond donors (Lipinski definition) is 1. The molecule has 1 fully saturated rings. The summed E-state index contributed by atoms with van der Waals surface area (Å²) < 4.78 is 28.8. The van der Waals surface area contributed by atoms with Crippen molar-refractivity contribution in [2.75, 3.05) is 10.8 Å². The number of benzene rings is 3. The first kappa shape index (κ1) is 30.9. The van der Waals surface area contributed by atoms with Crippen molar-refractivity contribution in [3.63, 3.8) is 0 Å². The monoisotopic (exact) mass is 615 g/mol. The van der Waals surface area contributed by atoms with E-state index < -0.39 is 28.5 Å². The molecule has 1 aliphatic carbocycles. The van der Waals surface area contributed by atoms with Crippen molar-refractivity contribution < 1.29 is 18.0 Å². The summed E-state index contributed by atoms with van der Waals surface area (Å²) in [6, 6.07) is 19.1. The average molecular weight is 617 g/mol. The topological polar surface area (TPSA) is 86.8 Å². The van der Waals surface area contributed by atoms with E-state index in [9.17, 15) is 18.0 Å². The van der Waals surface area contributed by atoms with Crippen molar-refractivity contribution in [1.29, 1.82) is 0 Å². The molecule has 0 aromatic heterocycles. The van der Waals surface area contributed by atoms with E-state index in [-0.39, 0.29) is 39.1 Å². The Morgan fingerprint density at radius 2 is 1.61 bits per heavy atom. The Hall–Kier alpha value is -3.07. The summed E-state index contributed by atoms with van der Waals surface area (Å²) in [5.41, 5.74) is 1.89. The Bertz CT molecular complexity index is 1480. The lowest BCUT2D eigenvalue weighted by atomic mass is 9.95. The van der Waals surface area contributed by atoms with Gasteiger partial charge >= 0.3 is 0 Å². The second-order valence-corrected chi connectivity index (χ2v) is 13.1. The van der Waals surface area contributed by atoms with Crippen LogP contribution in [-0.4, -0.2) is 43.8 Å². The van der Waals surface area contributed by atoms with Crippen LogP contribution in [0.3, 0.4) is 0 Å². The van der Waals surface area contributed by atoms with E-state index in [1.165, 1.54) is 29.2 Å². The minimum Gasteiger partial charge on any atom is -0.352 e. The summed E-state index contributed by atoms with van der Waals surface area (Å²) in [6.45, 7) is 3.16. The second-order valence-electron chi connectivity index (χ2n) is 10.4. The number of rotatable bonds is 10. The fourth-order valence-corrected chi connectivity index (χ4v) is 6.91. The number of nitrogens with one attached hydrogen (secondary N) is 1. The van der Waals surface area contributed by atoms with Crippen LogP contribution in [0, 0.1) is 6.92 Å². The predicted molar refractivity (Wildman–Crippen MR) is 164 cm³/mol. The summed E-state index contributed by atoms with van der Waals surface area (Å²) in [5, 5.41) is 3.50. The molecule has 1 saturated carbocycles. The Balaban J connectivity index is 1.71. The van der Waals surface area contributed by atoms with Crippen LogP contribution in [0.2, 0.25) is 10.0 Å². The fourth-order valence-electron chi connectivity index (χ4n) is 5.03. The zero-order valence-corrected chi connectivity index (χ0v) is 25.6. The molecule has 0 saturated heterocycles. The minimum atomic E-state index is -4.23. The maximum Gasteiger partial charge on any atom is 0.264 e. The van der Waals surface area contributed by atoms with Crippen molar-refractivity contribution >= 4 is 50.7 Å². The van der Waals surface area contributed by atoms with E-state index in [1.807, 2.05) is 31.2 Å². The van der Waals surface area contributed by atoms with Gasteiger partial charge in [0.2, 0.25) is 11.8 Å². The molecule has 0 heterocycles. The zero-order chi connectivity index (χ0) is 29.6. The Kier molecular flexibility index (Phi) is 10.3. The number of halogens is 2. The van der Waals surface area contributed by atoms with Crippen LogP contribution in [0.15, 0.2) is 77.7 Å². The summed E-state index contributed by atoms with van der Waals surface area (Å²) in [7, 11) is -4.23. The van der Waals surface area contributed by atoms with Gasteiger partial charge in [-0.05, 0) is 68.1 Å². The maximum absolute atomic E-state index is 14.1. The second kappa shape index (κ2) is 13.7. The van der Waals surface area contributed by atoms with Gasteiger partial charge in [0.05, 0.1) is 15.6 Å². The Labute approximate surface area is 252 Å². The molecular weight excluding hydrogens is 581 g/mol. The predicted octanol–water partition coefficient (Wildman–Crippen LogP) is 6.36. The van der Waals surface area contributed by atoms with Crippen molar-refractivity contribution in [3.8, 4) is 0 Å². The van der Waals surface area contributed by atoms with Crippen LogP contribution >= 0.6 is 23.2 Å². The molecule has 7 nitrogen and oxygen atoms in total. The number of carbonyl (C=O) groups is 2. The zero-order valence-electron chi connectivity index (χ0n) is 23.2. The quantitative estimate of drug-likeness (QED) is 0.287. The van der Waals surface area contributed by atoms with Gasteiger partial charge in [-0.3, -0.25) is 13.9 Å².